The molecule has 178 valence electrons. The van der Waals surface area contributed by atoms with E-state index in [1.165, 1.54) is 27.1 Å². The van der Waals surface area contributed by atoms with Crippen LogP contribution in [0.1, 0.15) is 5.56 Å². The summed E-state index contributed by atoms with van der Waals surface area (Å²) in [6.07, 6.45) is 0. The third-order valence-electron chi connectivity index (χ3n) is 5.86. The van der Waals surface area contributed by atoms with E-state index in [1.54, 1.807) is 0 Å². The van der Waals surface area contributed by atoms with Gasteiger partial charge in [-0.1, -0.05) is 48.5 Å². The summed E-state index contributed by atoms with van der Waals surface area (Å²) in [5.41, 5.74) is 1.36. The van der Waals surface area contributed by atoms with Crippen molar-refractivity contribution >= 4 is 21.5 Å². The van der Waals surface area contributed by atoms with Gasteiger partial charge in [0.05, 0.1) is 66.1 Å². The second kappa shape index (κ2) is 15.5. The number of hydrogen-bond donors (Lipinski definition) is 0. The molecule has 0 aliphatic carbocycles. The van der Waals surface area contributed by atoms with Crippen LogP contribution in [0.4, 0.5) is 0 Å². The standard InChI is InChI=1S/C27H35NO5.Li/c1-3-7-25-23(5-1)21-24-6-2-4-8-26(24)27(25)22-28-9-11-29-13-15-31-17-19-33-20-18-32-16-14-30-12-10-28;/h1-8,21H,9-20,22H2;/q;+1. The molecule has 0 aromatic heterocycles. The van der Waals surface area contributed by atoms with Gasteiger partial charge < -0.3 is 23.7 Å². The van der Waals surface area contributed by atoms with Crippen molar-refractivity contribution in [1.82, 2.24) is 4.90 Å². The molecule has 1 saturated heterocycles. The fourth-order valence-corrected chi connectivity index (χ4v) is 4.14. The number of rotatable bonds is 2. The van der Waals surface area contributed by atoms with E-state index in [9.17, 15) is 0 Å². The smallest absolute Gasteiger partial charge is 0.378 e. The first-order valence-corrected chi connectivity index (χ1v) is 11.9. The van der Waals surface area contributed by atoms with Gasteiger partial charge in [0.25, 0.3) is 0 Å². The third kappa shape index (κ3) is 8.33. The first kappa shape index (κ1) is 27.1. The van der Waals surface area contributed by atoms with Gasteiger partial charge in [-0.2, -0.15) is 0 Å². The van der Waals surface area contributed by atoms with Crippen LogP contribution in [-0.2, 0) is 30.2 Å². The molecule has 6 nitrogen and oxygen atoms in total. The Morgan fingerprint density at radius 1 is 0.529 bits per heavy atom. The van der Waals surface area contributed by atoms with Gasteiger partial charge in [0.1, 0.15) is 0 Å². The maximum Gasteiger partial charge on any atom is 1.00 e. The van der Waals surface area contributed by atoms with E-state index in [-0.39, 0.29) is 18.9 Å². The molecule has 0 bridgehead atoms. The van der Waals surface area contributed by atoms with Crippen LogP contribution in [0.5, 0.6) is 0 Å². The van der Waals surface area contributed by atoms with Crippen LogP contribution >= 0.6 is 0 Å². The van der Waals surface area contributed by atoms with Crippen LogP contribution in [0.2, 0.25) is 0 Å². The largest absolute Gasteiger partial charge is 1.00 e. The molecular formula is C27H35LiNO5+. The molecule has 7 heteroatoms. The molecule has 0 saturated carbocycles. The second-order valence-electron chi connectivity index (χ2n) is 8.14. The monoisotopic (exact) mass is 460 g/mol. The Hall–Kier alpha value is -1.46. The molecular weight excluding hydrogens is 425 g/mol. The van der Waals surface area contributed by atoms with Gasteiger partial charge in [-0.15, -0.1) is 0 Å². The van der Waals surface area contributed by atoms with E-state index in [1.807, 2.05) is 0 Å². The average Bonchev–Trinajstić information content (AvgIpc) is 2.84. The average molecular weight is 461 g/mol. The van der Waals surface area contributed by atoms with Gasteiger partial charge >= 0.3 is 18.9 Å². The van der Waals surface area contributed by atoms with E-state index >= 15 is 0 Å². The molecule has 3 aromatic carbocycles. The van der Waals surface area contributed by atoms with Gasteiger partial charge in [-0.25, -0.2) is 0 Å². The predicted molar refractivity (Wildman–Crippen MR) is 131 cm³/mol. The van der Waals surface area contributed by atoms with Crippen molar-refractivity contribution < 1.29 is 42.5 Å². The minimum absolute atomic E-state index is 0. The van der Waals surface area contributed by atoms with Crippen LogP contribution in [0.25, 0.3) is 21.5 Å². The molecule has 3 aromatic rings. The first-order valence-electron chi connectivity index (χ1n) is 11.9. The Labute approximate surface area is 214 Å². The second-order valence-corrected chi connectivity index (χ2v) is 8.14. The molecule has 1 fully saturated rings. The van der Waals surface area contributed by atoms with Crippen LogP contribution in [-0.4, -0.2) is 84.1 Å². The van der Waals surface area contributed by atoms with Gasteiger partial charge in [-0.05, 0) is 33.2 Å². The summed E-state index contributed by atoms with van der Waals surface area (Å²) in [6.45, 7) is 8.47. The molecule has 0 atom stereocenters. The molecule has 0 unspecified atom stereocenters. The molecule has 0 spiro atoms. The Morgan fingerprint density at radius 3 is 1.35 bits per heavy atom. The van der Waals surface area contributed by atoms with E-state index in [0.29, 0.717) is 66.1 Å². The minimum Gasteiger partial charge on any atom is -0.378 e. The molecule has 1 heterocycles. The van der Waals surface area contributed by atoms with Crippen LogP contribution in [0, 0.1) is 0 Å². The molecule has 0 amide bonds. The summed E-state index contributed by atoms with van der Waals surface area (Å²) in [6, 6.07) is 19.6. The first-order chi connectivity index (χ1) is 16.4. The summed E-state index contributed by atoms with van der Waals surface area (Å²) in [4.78, 5) is 2.42. The van der Waals surface area contributed by atoms with Crippen molar-refractivity contribution in [1.29, 1.82) is 0 Å². The summed E-state index contributed by atoms with van der Waals surface area (Å²) in [5, 5.41) is 5.17. The van der Waals surface area contributed by atoms with Gasteiger partial charge in [0.15, 0.2) is 0 Å². The predicted octanol–water partition coefficient (Wildman–Crippen LogP) is 0.896. The number of ether oxygens (including phenoxy) is 5. The summed E-state index contributed by atoms with van der Waals surface area (Å²) < 4.78 is 28.3. The summed E-state index contributed by atoms with van der Waals surface area (Å²) in [5.74, 6) is 0. The summed E-state index contributed by atoms with van der Waals surface area (Å²) in [7, 11) is 0. The van der Waals surface area contributed by atoms with Gasteiger partial charge in [-0.3, -0.25) is 4.90 Å². The zero-order chi connectivity index (χ0) is 22.6. The molecule has 1 aliphatic rings. The number of fused-ring (bicyclic) bond motifs is 2. The van der Waals surface area contributed by atoms with E-state index in [2.05, 4.69) is 59.5 Å². The molecule has 0 N–H and O–H groups in total. The Kier molecular flexibility index (Phi) is 12.4. The van der Waals surface area contributed by atoms with E-state index in [4.69, 9.17) is 23.7 Å². The van der Waals surface area contributed by atoms with Crippen molar-refractivity contribution in [3.8, 4) is 0 Å². The zero-order valence-electron chi connectivity index (χ0n) is 20.4. The van der Waals surface area contributed by atoms with Crippen molar-refractivity contribution in [3.63, 3.8) is 0 Å². The number of hydrogen-bond acceptors (Lipinski definition) is 6. The van der Waals surface area contributed by atoms with Crippen LogP contribution in [0.15, 0.2) is 54.6 Å². The Bertz CT molecular complexity index is 914. The Balaban J connectivity index is 0.00000324. The third-order valence-corrected chi connectivity index (χ3v) is 5.86. The Morgan fingerprint density at radius 2 is 0.912 bits per heavy atom. The summed E-state index contributed by atoms with van der Waals surface area (Å²) >= 11 is 0. The minimum atomic E-state index is 0. The van der Waals surface area contributed by atoms with Crippen molar-refractivity contribution in [2.75, 3.05) is 79.2 Å². The molecule has 34 heavy (non-hydrogen) atoms. The van der Waals surface area contributed by atoms with Gasteiger partial charge in [0.2, 0.25) is 0 Å². The van der Waals surface area contributed by atoms with Crippen LogP contribution in [0.3, 0.4) is 0 Å². The number of nitrogens with zero attached hydrogens (tertiary/aromatic N) is 1. The zero-order valence-corrected chi connectivity index (χ0v) is 20.4. The maximum atomic E-state index is 5.85. The van der Waals surface area contributed by atoms with E-state index in [0.717, 1.165) is 19.6 Å². The van der Waals surface area contributed by atoms with Crippen molar-refractivity contribution in [2.45, 2.75) is 6.54 Å². The maximum absolute atomic E-state index is 5.85. The normalized spacial score (nSPS) is 18.7. The fraction of sp³-hybridized carbons (Fsp3) is 0.481. The van der Waals surface area contributed by atoms with Crippen LogP contribution < -0.4 is 18.9 Å². The van der Waals surface area contributed by atoms with Crippen molar-refractivity contribution in [2.24, 2.45) is 0 Å². The van der Waals surface area contributed by atoms with Gasteiger partial charge in [0, 0.05) is 19.6 Å². The molecule has 0 radical (unpaired) electrons. The number of benzene rings is 3. The fourth-order valence-electron chi connectivity index (χ4n) is 4.14. The topological polar surface area (TPSA) is 49.4 Å². The molecule has 1 aliphatic heterocycles. The SMILES string of the molecule is [Li+].c1ccc2c(CN3CCOCCOCCOCCOCCOCC3)c3ccccc3cc2c1. The van der Waals surface area contributed by atoms with E-state index < -0.39 is 0 Å². The quantitative estimate of drug-likeness (QED) is 0.419. The molecule has 4 rings (SSSR count). The van der Waals surface area contributed by atoms with Crippen molar-refractivity contribution in [3.05, 3.63) is 60.2 Å².